The maximum absolute atomic E-state index is 12.3. The third-order valence-corrected chi connectivity index (χ3v) is 4.65. The molecule has 1 fully saturated rings. The summed E-state index contributed by atoms with van der Waals surface area (Å²) >= 11 is 0. The lowest BCUT2D eigenvalue weighted by Crippen LogP contribution is -2.46. The maximum Gasteiger partial charge on any atom is 0.389 e. The van der Waals surface area contributed by atoms with E-state index in [-0.39, 0.29) is 18.4 Å². The topological polar surface area (TPSA) is 32.7 Å². The number of aliphatic hydroxyl groups excluding tert-OH is 1. The lowest BCUT2D eigenvalue weighted by Gasteiger charge is -2.42. The molecule has 0 unspecified atom stereocenters. The van der Waals surface area contributed by atoms with Gasteiger partial charge in [-0.05, 0) is 50.9 Å². The molecule has 1 saturated heterocycles. The number of halogens is 3. The van der Waals surface area contributed by atoms with E-state index in [0.717, 1.165) is 25.1 Å². The molecule has 136 valence electrons. The molecule has 1 atom stereocenters. The molecule has 1 N–H and O–H groups in total. The molecule has 2 rings (SSSR count). The lowest BCUT2D eigenvalue weighted by atomic mass is 9.78. The molecule has 1 aromatic carbocycles. The average molecular weight is 345 g/mol. The summed E-state index contributed by atoms with van der Waals surface area (Å²) in [6.45, 7) is 2.42. The third kappa shape index (κ3) is 6.32. The second kappa shape index (κ2) is 8.72. The van der Waals surface area contributed by atoms with E-state index in [1.807, 2.05) is 35.2 Å². The first-order valence-electron chi connectivity index (χ1n) is 8.50. The van der Waals surface area contributed by atoms with Crippen LogP contribution in [0.4, 0.5) is 13.2 Å². The number of nitrogens with zero attached hydrogens (tertiary/aromatic N) is 1. The number of hydrogen-bond donors (Lipinski definition) is 1. The molecule has 1 heterocycles. The van der Waals surface area contributed by atoms with Crippen LogP contribution in [0.25, 0.3) is 0 Å². The minimum atomic E-state index is -4.09. The highest BCUT2D eigenvalue weighted by Gasteiger charge is 2.35. The number of hydrogen-bond acceptors (Lipinski definition) is 3. The number of aliphatic hydroxyl groups is 1. The summed E-state index contributed by atoms with van der Waals surface area (Å²) in [6.07, 6.45) is -2.23. The zero-order valence-corrected chi connectivity index (χ0v) is 13.9. The molecular weight excluding hydrogens is 319 g/mol. The average Bonchev–Trinajstić information content (AvgIpc) is 2.55. The Morgan fingerprint density at radius 2 is 1.96 bits per heavy atom. The van der Waals surface area contributed by atoms with Gasteiger partial charge in [-0.3, -0.25) is 0 Å². The van der Waals surface area contributed by atoms with Gasteiger partial charge in [0.15, 0.2) is 0 Å². The second-order valence-corrected chi connectivity index (χ2v) is 6.67. The summed E-state index contributed by atoms with van der Waals surface area (Å²) in [5.74, 6) is 0.795. The predicted molar refractivity (Wildman–Crippen MR) is 87.0 cm³/mol. The van der Waals surface area contributed by atoms with Crippen LogP contribution in [-0.2, 0) is 0 Å². The Hall–Kier alpha value is -1.27. The van der Waals surface area contributed by atoms with Gasteiger partial charge in [0, 0.05) is 18.4 Å². The SMILES string of the molecule is OC[C@]1(CCOc2ccccc2)CCCN(CCCC(F)(F)F)C1. The molecule has 0 spiro atoms. The van der Waals surface area contributed by atoms with Crippen LogP contribution in [0.3, 0.4) is 0 Å². The summed E-state index contributed by atoms with van der Waals surface area (Å²) in [6, 6.07) is 9.49. The van der Waals surface area contributed by atoms with Gasteiger partial charge in [0.25, 0.3) is 0 Å². The Labute approximate surface area is 141 Å². The zero-order chi connectivity index (χ0) is 17.5. The van der Waals surface area contributed by atoms with Crippen molar-refractivity contribution in [2.24, 2.45) is 5.41 Å². The van der Waals surface area contributed by atoms with Crippen LogP contribution in [0, 0.1) is 5.41 Å². The largest absolute Gasteiger partial charge is 0.494 e. The number of benzene rings is 1. The predicted octanol–water partition coefficient (Wildman–Crippen LogP) is 3.87. The fraction of sp³-hybridized carbons (Fsp3) is 0.667. The zero-order valence-electron chi connectivity index (χ0n) is 13.9. The fourth-order valence-electron chi connectivity index (χ4n) is 3.32. The van der Waals surface area contributed by atoms with E-state index in [1.165, 1.54) is 0 Å². The van der Waals surface area contributed by atoms with Crippen LogP contribution in [-0.4, -0.2) is 49.0 Å². The summed E-state index contributed by atoms with van der Waals surface area (Å²) in [4.78, 5) is 2.05. The van der Waals surface area contributed by atoms with E-state index in [9.17, 15) is 18.3 Å². The number of para-hydroxylation sites is 1. The summed E-state index contributed by atoms with van der Waals surface area (Å²) < 4.78 is 42.6. The van der Waals surface area contributed by atoms with Gasteiger partial charge in [0.1, 0.15) is 5.75 Å². The molecule has 3 nitrogen and oxygen atoms in total. The van der Waals surface area contributed by atoms with Crippen LogP contribution in [0.15, 0.2) is 30.3 Å². The van der Waals surface area contributed by atoms with Gasteiger partial charge in [0.05, 0.1) is 13.2 Å². The summed E-state index contributed by atoms with van der Waals surface area (Å²) in [5, 5.41) is 9.85. The monoisotopic (exact) mass is 345 g/mol. The number of ether oxygens (including phenoxy) is 1. The molecule has 0 saturated carbocycles. The van der Waals surface area contributed by atoms with Crippen LogP contribution >= 0.6 is 0 Å². The molecule has 0 aliphatic carbocycles. The highest BCUT2D eigenvalue weighted by Crippen LogP contribution is 2.33. The van der Waals surface area contributed by atoms with Crippen molar-refractivity contribution >= 4 is 0 Å². The van der Waals surface area contributed by atoms with E-state index in [1.54, 1.807) is 0 Å². The molecular formula is C18H26F3NO2. The van der Waals surface area contributed by atoms with Gasteiger partial charge in [-0.1, -0.05) is 18.2 Å². The highest BCUT2D eigenvalue weighted by molar-refractivity contribution is 5.20. The van der Waals surface area contributed by atoms with Crippen LogP contribution in [0.5, 0.6) is 5.75 Å². The van der Waals surface area contributed by atoms with E-state index in [4.69, 9.17) is 4.74 Å². The Morgan fingerprint density at radius 3 is 2.62 bits per heavy atom. The molecule has 24 heavy (non-hydrogen) atoms. The van der Waals surface area contributed by atoms with Crippen molar-refractivity contribution in [2.45, 2.75) is 38.3 Å². The van der Waals surface area contributed by atoms with Gasteiger partial charge < -0.3 is 14.7 Å². The number of rotatable bonds is 8. The Balaban J connectivity index is 1.79. The van der Waals surface area contributed by atoms with Gasteiger partial charge >= 0.3 is 6.18 Å². The van der Waals surface area contributed by atoms with Crippen molar-refractivity contribution in [2.75, 3.05) is 32.8 Å². The normalized spacial score (nSPS) is 22.5. The molecule has 0 amide bonds. The van der Waals surface area contributed by atoms with Gasteiger partial charge in [0.2, 0.25) is 0 Å². The number of alkyl halides is 3. The maximum atomic E-state index is 12.3. The van der Waals surface area contributed by atoms with Crippen molar-refractivity contribution in [3.05, 3.63) is 30.3 Å². The fourth-order valence-corrected chi connectivity index (χ4v) is 3.32. The minimum Gasteiger partial charge on any atom is -0.494 e. The number of likely N-dealkylation sites (tertiary alicyclic amines) is 1. The lowest BCUT2D eigenvalue weighted by molar-refractivity contribution is -0.136. The third-order valence-electron chi connectivity index (χ3n) is 4.65. The minimum absolute atomic E-state index is 0.0426. The van der Waals surface area contributed by atoms with E-state index in [2.05, 4.69) is 0 Å². The molecule has 6 heteroatoms. The van der Waals surface area contributed by atoms with Crippen LogP contribution in [0.2, 0.25) is 0 Å². The van der Waals surface area contributed by atoms with Gasteiger partial charge in [-0.25, -0.2) is 0 Å². The molecule has 1 aliphatic rings. The highest BCUT2D eigenvalue weighted by atomic mass is 19.4. The molecule has 1 aromatic rings. The van der Waals surface area contributed by atoms with Crippen LogP contribution in [0.1, 0.15) is 32.1 Å². The summed E-state index contributed by atoms with van der Waals surface area (Å²) in [5.41, 5.74) is -0.273. The molecule has 0 bridgehead atoms. The second-order valence-electron chi connectivity index (χ2n) is 6.67. The first kappa shape index (κ1) is 19.1. The van der Waals surface area contributed by atoms with Crippen molar-refractivity contribution in [1.29, 1.82) is 0 Å². The van der Waals surface area contributed by atoms with Crippen molar-refractivity contribution < 1.29 is 23.0 Å². The van der Waals surface area contributed by atoms with Crippen LogP contribution < -0.4 is 4.74 Å². The smallest absolute Gasteiger partial charge is 0.389 e. The first-order chi connectivity index (χ1) is 11.4. The molecule has 0 aromatic heterocycles. The molecule has 0 radical (unpaired) electrons. The van der Waals surface area contributed by atoms with E-state index in [0.29, 0.717) is 26.1 Å². The Morgan fingerprint density at radius 1 is 1.21 bits per heavy atom. The Bertz CT molecular complexity index is 481. The Kier molecular flexibility index (Phi) is 6.92. The van der Waals surface area contributed by atoms with Crippen molar-refractivity contribution in [3.8, 4) is 5.75 Å². The van der Waals surface area contributed by atoms with Crippen molar-refractivity contribution in [1.82, 2.24) is 4.90 Å². The number of piperidine rings is 1. The quantitative estimate of drug-likeness (QED) is 0.776. The standard InChI is InChI=1S/C18H26F3NO2/c19-18(20,21)9-5-12-22-11-4-8-17(14-22,15-23)10-13-24-16-6-2-1-3-7-16/h1-3,6-7,23H,4-5,8-15H2/t17-/m0/s1. The van der Waals surface area contributed by atoms with E-state index < -0.39 is 12.6 Å². The van der Waals surface area contributed by atoms with Gasteiger partial charge in [-0.15, -0.1) is 0 Å². The van der Waals surface area contributed by atoms with Gasteiger partial charge in [-0.2, -0.15) is 13.2 Å². The summed E-state index contributed by atoms with van der Waals surface area (Å²) in [7, 11) is 0. The van der Waals surface area contributed by atoms with E-state index >= 15 is 0 Å². The molecule has 1 aliphatic heterocycles. The van der Waals surface area contributed by atoms with Crippen molar-refractivity contribution in [3.63, 3.8) is 0 Å². The first-order valence-corrected chi connectivity index (χ1v) is 8.50.